The molecule has 1 N–H and O–H groups in total. The number of rotatable bonds is 35. The van der Waals surface area contributed by atoms with Crippen molar-refractivity contribution < 1.29 is 57.1 Å². The molecule has 1 unspecified atom stereocenters. The minimum atomic E-state index is -0.939. The number of carbonyl (C=O) groups is 4. The summed E-state index contributed by atoms with van der Waals surface area (Å²) in [7, 11) is 0. The summed E-state index contributed by atoms with van der Waals surface area (Å²) < 4.78 is 44.9. The highest BCUT2D eigenvalue weighted by Crippen LogP contribution is 2.20. The molecule has 0 aliphatic heterocycles. The average molecular weight is 899 g/mol. The Morgan fingerprint density at radius 3 is 1.47 bits per heavy atom. The van der Waals surface area contributed by atoms with E-state index in [1.807, 2.05) is 0 Å². The van der Waals surface area contributed by atoms with Gasteiger partial charge in [-0.05, 0) is 124 Å². The van der Waals surface area contributed by atoms with Crippen molar-refractivity contribution in [1.29, 1.82) is 0 Å². The minimum Gasteiger partial charge on any atom is -0.491 e. The zero-order valence-electron chi connectivity index (χ0n) is 39.7. The van der Waals surface area contributed by atoms with Crippen LogP contribution in [0.5, 0.6) is 11.5 Å². The molecule has 0 fully saturated rings. The van der Waals surface area contributed by atoms with Crippen molar-refractivity contribution in [3.8, 4) is 11.5 Å². The summed E-state index contributed by atoms with van der Waals surface area (Å²) in [4.78, 5) is 53.2. The largest absolute Gasteiger partial charge is 0.491 e. The molecule has 1 amide bonds. The molecule has 0 heterocycles. The maximum Gasteiger partial charge on any atom is 0.323 e. The fourth-order valence-electron chi connectivity index (χ4n) is 6.01. The lowest BCUT2D eigenvalue weighted by molar-refractivity contribution is -0.168. The number of unbranched alkanes of at least 4 members (excludes halogenated alkanes) is 9. The maximum atomic E-state index is 13.5. The quantitative estimate of drug-likeness (QED) is 0.0294. The van der Waals surface area contributed by atoms with Crippen molar-refractivity contribution in [1.82, 2.24) is 10.2 Å². The summed E-state index contributed by atoms with van der Waals surface area (Å²) in [5.74, 6) is 0.121. The molecule has 15 heteroatoms. The Kier molecular flexibility index (Phi) is 29.9. The number of ether oxygens (including phenoxy) is 8. The van der Waals surface area contributed by atoms with Crippen molar-refractivity contribution in [3.63, 3.8) is 0 Å². The summed E-state index contributed by atoms with van der Waals surface area (Å²) in [5.41, 5.74) is -2.32. The highest BCUT2D eigenvalue weighted by Gasteiger charge is 2.34. The molecule has 0 saturated carbocycles. The topological polar surface area (TPSA) is 157 Å². The lowest BCUT2D eigenvalue weighted by atomic mass is 10.1. The van der Waals surface area contributed by atoms with E-state index >= 15 is 0 Å². The summed E-state index contributed by atoms with van der Waals surface area (Å²) in [6, 6.07) is 6.04. The molecule has 0 saturated heterocycles. The Hall–Kier alpha value is -3.11. The Balaban J connectivity index is 2.34. The number of nitrogens with one attached hydrogen (secondary N) is 1. The molecule has 1 atom stereocenters. The van der Waals surface area contributed by atoms with Gasteiger partial charge in [0.2, 0.25) is 0 Å². The van der Waals surface area contributed by atoms with Gasteiger partial charge in [-0.3, -0.25) is 24.1 Å². The summed E-state index contributed by atoms with van der Waals surface area (Å²) in [5, 5.41) is 2.83. The van der Waals surface area contributed by atoms with Crippen LogP contribution in [0.25, 0.3) is 0 Å². The molecule has 0 spiro atoms. The van der Waals surface area contributed by atoms with Crippen molar-refractivity contribution in [2.75, 3.05) is 78.2 Å². The first kappa shape index (κ1) is 56.9. The second kappa shape index (κ2) is 32.5. The molecule has 1 aromatic rings. The van der Waals surface area contributed by atoms with E-state index in [1.54, 1.807) is 86.6 Å². The zero-order chi connectivity index (χ0) is 46.3. The van der Waals surface area contributed by atoms with Gasteiger partial charge in [0.1, 0.15) is 41.0 Å². The molecule has 0 bridgehead atoms. The van der Waals surface area contributed by atoms with Crippen LogP contribution in [0.4, 0.5) is 0 Å². The van der Waals surface area contributed by atoms with Gasteiger partial charge in [-0.25, -0.2) is 0 Å². The molecule has 358 valence electrons. The SMILES string of the molecule is CC(C)(C)OC(=O)CN(CC(=O)OC(C)(C)C)C(CCCCNC(=O)COc1ccc(OCCOCCOCCOCCCCCCCCCCCS)cc1)C(=O)OC(C)(C)C. The number of hydrogen-bond acceptors (Lipinski definition) is 14. The van der Waals surface area contributed by atoms with Crippen LogP contribution in [0.15, 0.2) is 24.3 Å². The monoisotopic (exact) mass is 899 g/mol. The minimum absolute atomic E-state index is 0.180. The van der Waals surface area contributed by atoms with E-state index in [4.69, 9.17) is 37.9 Å². The van der Waals surface area contributed by atoms with Crippen LogP contribution in [-0.4, -0.2) is 130 Å². The van der Waals surface area contributed by atoms with Crippen molar-refractivity contribution in [2.45, 2.75) is 162 Å². The van der Waals surface area contributed by atoms with Gasteiger partial charge >= 0.3 is 17.9 Å². The lowest BCUT2D eigenvalue weighted by Gasteiger charge is -2.33. The van der Waals surface area contributed by atoms with E-state index < -0.39 is 40.8 Å². The third-order valence-electron chi connectivity index (χ3n) is 8.73. The van der Waals surface area contributed by atoms with E-state index in [0.717, 1.165) is 18.8 Å². The van der Waals surface area contributed by atoms with Crippen LogP contribution < -0.4 is 14.8 Å². The van der Waals surface area contributed by atoms with E-state index in [-0.39, 0.29) is 32.0 Å². The molecule has 1 rings (SSSR count). The van der Waals surface area contributed by atoms with Crippen LogP contribution in [0, 0.1) is 0 Å². The second-order valence-electron chi connectivity index (χ2n) is 18.3. The van der Waals surface area contributed by atoms with Gasteiger partial charge in [0, 0.05) is 13.2 Å². The predicted octanol–water partition coefficient (Wildman–Crippen LogP) is 7.92. The molecule has 62 heavy (non-hydrogen) atoms. The van der Waals surface area contributed by atoms with E-state index in [0.29, 0.717) is 70.5 Å². The number of thiol groups is 1. The number of esters is 3. The summed E-state index contributed by atoms with van der Waals surface area (Å²) in [6.07, 6.45) is 12.7. The van der Waals surface area contributed by atoms with E-state index in [9.17, 15) is 19.2 Å². The van der Waals surface area contributed by atoms with Crippen LogP contribution >= 0.6 is 12.6 Å². The number of carbonyl (C=O) groups excluding carboxylic acids is 4. The summed E-state index contributed by atoms with van der Waals surface area (Å²) in [6.45, 7) is 18.9. The van der Waals surface area contributed by atoms with Gasteiger partial charge in [0.15, 0.2) is 6.61 Å². The smallest absolute Gasteiger partial charge is 0.323 e. The molecule has 14 nitrogen and oxygen atoms in total. The van der Waals surface area contributed by atoms with Gasteiger partial charge in [-0.15, -0.1) is 0 Å². The van der Waals surface area contributed by atoms with Gasteiger partial charge < -0.3 is 43.2 Å². The van der Waals surface area contributed by atoms with Gasteiger partial charge in [-0.2, -0.15) is 12.6 Å². The molecule has 0 aliphatic carbocycles. The molecular formula is C47H82N2O12S. The van der Waals surface area contributed by atoms with Crippen molar-refractivity contribution in [3.05, 3.63) is 24.3 Å². The van der Waals surface area contributed by atoms with E-state index in [2.05, 4.69) is 17.9 Å². The lowest BCUT2D eigenvalue weighted by Crippen LogP contribution is -2.50. The van der Waals surface area contributed by atoms with Crippen molar-refractivity contribution >= 4 is 36.4 Å². The van der Waals surface area contributed by atoms with Crippen LogP contribution in [0.3, 0.4) is 0 Å². The molecule has 0 radical (unpaired) electrons. The fraction of sp³-hybridized carbons (Fsp3) is 0.787. The third-order valence-corrected chi connectivity index (χ3v) is 9.05. The van der Waals surface area contributed by atoms with Gasteiger partial charge in [0.25, 0.3) is 5.91 Å². The first-order chi connectivity index (χ1) is 29.3. The first-order valence-electron chi connectivity index (χ1n) is 22.6. The highest BCUT2D eigenvalue weighted by molar-refractivity contribution is 7.80. The number of hydrogen-bond donors (Lipinski definition) is 2. The Bertz CT molecular complexity index is 1330. The van der Waals surface area contributed by atoms with Crippen LogP contribution in [0.2, 0.25) is 0 Å². The van der Waals surface area contributed by atoms with Gasteiger partial charge in [-0.1, -0.05) is 44.9 Å². The maximum absolute atomic E-state index is 13.5. The average Bonchev–Trinajstić information content (AvgIpc) is 3.15. The zero-order valence-corrected chi connectivity index (χ0v) is 40.5. The predicted molar refractivity (Wildman–Crippen MR) is 245 cm³/mol. The highest BCUT2D eigenvalue weighted by atomic mass is 32.1. The Morgan fingerprint density at radius 2 is 0.984 bits per heavy atom. The van der Waals surface area contributed by atoms with Gasteiger partial charge in [0.05, 0.1) is 46.1 Å². The fourth-order valence-corrected chi connectivity index (χ4v) is 6.23. The third kappa shape index (κ3) is 33.4. The summed E-state index contributed by atoms with van der Waals surface area (Å²) >= 11 is 4.26. The second-order valence-corrected chi connectivity index (χ2v) is 18.8. The Labute approximate surface area is 378 Å². The molecule has 0 aliphatic rings. The number of nitrogens with zero attached hydrogens (tertiary/aromatic N) is 1. The molecular weight excluding hydrogens is 817 g/mol. The molecule has 1 aromatic carbocycles. The van der Waals surface area contributed by atoms with Crippen molar-refractivity contribution in [2.24, 2.45) is 0 Å². The van der Waals surface area contributed by atoms with E-state index in [1.165, 1.54) is 56.3 Å². The number of benzene rings is 1. The van der Waals surface area contributed by atoms with Crippen LogP contribution in [-0.2, 0) is 47.6 Å². The number of amides is 1. The normalized spacial score (nSPS) is 12.5. The Morgan fingerprint density at radius 1 is 0.548 bits per heavy atom. The first-order valence-corrected chi connectivity index (χ1v) is 23.3. The standard InChI is InChI=1S/C47H82N2O12S/c1-45(2,3)59-42(51)35-49(36-43(52)60-46(4,5)6)40(44(53)61-47(7,8)9)21-17-18-26-48-41(50)37-58-39-24-22-38(23-25-39)57-33-32-56-31-30-55-29-28-54-27-19-15-13-11-10-12-14-16-20-34-62/h22-25,40,62H,10-21,26-37H2,1-9H3,(H,48,50). The molecule has 0 aromatic heterocycles. The van der Waals surface area contributed by atoms with Crippen LogP contribution in [0.1, 0.15) is 139 Å².